The Morgan fingerprint density at radius 1 is 1.07 bits per heavy atom. The van der Waals surface area contributed by atoms with Crippen molar-refractivity contribution < 1.29 is 0 Å². The van der Waals surface area contributed by atoms with Crippen LogP contribution < -0.4 is 5.73 Å². The molecule has 2 heteroatoms. The molecule has 0 amide bonds. The number of rotatable bonds is 3. The van der Waals surface area contributed by atoms with Gasteiger partial charge in [-0.15, -0.1) is 11.8 Å². The molecule has 2 N–H and O–H groups in total. The Morgan fingerprint density at radius 3 is 2.40 bits per heavy atom. The van der Waals surface area contributed by atoms with Gasteiger partial charge in [0, 0.05) is 16.2 Å². The number of hydrogen-bond donors (Lipinski definition) is 1. The largest absolute Gasteiger partial charge is 0.324 e. The first-order valence-corrected chi connectivity index (χ1v) is 6.74. The normalized spacial score (nSPS) is 20.1. The molecule has 82 valence electrons. The summed E-state index contributed by atoms with van der Waals surface area (Å²) in [5.41, 5.74) is 6.48. The van der Waals surface area contributed by atoms with Crippen LogP contribution in [0.25, 0.3) is 0 Å². The molecule has 0 spiro atoms. The van der Waals surface area contributed by atoms with E-state index in [2.05, 4.69) is 30.3 Å². The van der Waals surface area contributed by atoms with Crippen molar-refractivity contribution in [1.82, 2.24) is 0 Å². The molecule has 0 saturated heterocycles. The smallest absolute Gasteiger partial charge is 0.0249 e. The van der Waals surface area contributed by atoms with E-state index >= 15 is 0 Å². The van der Waals surface area contributed by atoms with Crippen molar-refractivity contribution in [3.05, 3.63) is 30.3 Å². The van der Waals surface area contributed by atoms with Gasteiger partial charge in [0.2, 0.25) is 0 Å². The maximum absolute atomic E-state index is 6.39. The lowest BCUT2D eigenvalue weighted by Gasteiger charge is -2.33. The van der Waals surface area contributed by atoms with Crippen LogP contribution in [-0.2, 0) is 0 Å². The van der Waals surface area contributed by atoms with Gasteiger partial charge in [0.25, 0.3) is 0 Å². The van der Waals surface area contributed by atoms with Crippen LogP contribution in [-0.4, -0.2) is 11.3 Å². The van der Waals surface area contributed by atoms with E-state index in [9.17, 15) is 0 Å². The fourth-order valence-corrected chi connectivity index (χ4v) is 3.24. The zero-order valence-electron chi connectivity index (χ0n) is 9.11. The van der Waals surface area contributed by atoms with Gasteiger partial charge in [-0.2, -0.15) is 0 Å². The van der Waals surface area contributed by atoms with Gasteiger partial charge < -0.3 is 5.73 Å². The predicted molar refractivity (Wildman–Crippen MR) is 67.2 cm³/mol. The number of benzene rings is 1. The van der Waals surface area contributed by atoms with Crippen molar-refractivity contribution >= 4 is 11.8 Å². The lowest BCUT2D eigenvalue weighted by Crippen LogP contribution is -2.44. The first kappa shape index (κ1) is 11.0. The third-order valence-electron chi connectivity index (χ3n) is 3.12. The van der Waals surface area contributed by atoms with Crippen molar-refractivity contribution in [2.75, 3.05) is 5.75 Å². The molecule has 15 heavy (non-hydrogen) atoms. The molecule has 2 rings (SSSR count). The van der Waals surface area contributed by atoms with Crippen LogP contribution in [0.2, 0.25) is 0 Å². The van der Waals surface area contributed by atoms with Crippen LogP contribution in [0.4, 0.5) is 0 Å². The summed E-state index contributed by atoms with van der Waals surface area (Å²) in [5, 5.41) is 0. The monoisotopic (exact) mass is 221 g/mol. The molecule has 0 aliphatic heterocycles. The summed E-state index contributed by atoms with van der Waals surface area (Å²) in [6.07, 6.45) is 6.40. The Bertz CT molecular complexity index is 291. The van der Waals surface area contributed by atoms with Crippen LogP contribution in [0.3, 0.4) is 0 Å². The minimum Gasteiger partial charge on any atom is -0.324 e. The Labute approximate surface area is 96.4 Å². The summed E-state index contributed by atoms with van der Waals surface area (Å²) in [7, 11) is 0. The lowest BCUT2D eigenvalue weighted by molar-refractivity contribution is 0.328. The van der Waals surface area contributed by atoms with Crippen molar-refractivity contribution in [3.63, 3.8) is 0 Å². The molecule has 0 radical (unpaired) electrons. The summed E-state index contributed by atoms with van der Waals surface area (Å²) < 4.78 is 0. The van der Waals surface area contributed by atoms with Crippen molar-refractivity contribution in [2.45, 2.75) is 42.5 Å². The van der Waals surface area contributed by atoms with Gasteiger partial charge in [0.15, 0.2) is 0 Å². The molecule has 1 fully saturated rings. The van der Waals surface area contributed by atoms with Crippen LogP contribution in [0, 0.1) is 0 Å². The van der Waals surface area contributed by atoms with Gasteiger partial charge in [-0.1, -0.05) is 37.5 Å². The molecule has 1 nitrogen and oxygen atoms in total. The first-order chi connectivity index (χ1) is 7.29. The summed E-state index contributed by atoms with van der Waals surface area (Å²) in [4.78, 5) is 1.34. The summed E-state index contributed by atoms with van der Waals surface area (Å²) in [6, 6.07) is 10.6. The van der Waals surface area contributed by atoms with Crippen molar-refractivity contribution in [2.24, 2.45) is 5.73 Å². The van der Waals surface area contributed by atoms with Crippen LogP contribution in [0.5, 0.6) is 0 Å². The zero-order valence-corrected chi connectivity index (χ0v) is 9.93. The third kappa shape index (κ3) is 3.25. The van der Waals surface area contributed by atoms with E-state index in [0.29, 0.717) is 0 Å². The Morgan fingerprint density at radius 2 is 1.73 bits per heavy atom. The Balaban J connectivity index is 1.87. The average molecular weight is 221 g/mol. The molecule has 1 aromatic rings. The zero-order chi connectivity index (χ0) is 10.6. The van der Waals surface area contributed by atoms with Gasteiger partial charge >= 0.3 is 0 Å². The predicted octanol–water partition coefficient (Wildman–Crippen LogP) is 3.44. The van der Waals surface area contributed by atoms with Gasteiger partial charge in [-0.25, -0.2) is 0 Å². The molecule has 1 aromatic carbocycles. The molecule has 1 aliphatic carbocycles. The quantitative estimate of drug-likeness (QED) is 0.791. The maximum atomic E-state index is 6.39. The highest BCUT2D eigenvalue weighted by molar-refractivity contribution is 7.99. The fourth-order valence-electron chi connectivity index (χ4n) is 2.14. The highest BCUT2D eigenvalue weighted by Crippen LogP contribution is 2.31. The lowest BCUT2D eigenvalue weighted by atomic mass is 9.84. The third-order valence-corrected chi connectivity index (χ3v) is 4.44. The van der Waals surface area contributed by atoms with Crippen LogP contribution in [0.1, 0.15) is 32.1 Å². The van der Waals surface area contributed by atoms with E-state index in [4.69, 9.17) is 5.73 Å². The Kier molecular flexibility index (Phi) is 3.71. The standard InChI is InChI=1S/C13H19NS/c14-13(9-5-2-6-10-13)11-15-12-7-3-1-4-8-12/h1,3-4,7-8H,2,5-6,9-11,14H2. The molecule has 1 saturated carbocycles. The number of nitrogens with two attached hydrogens (primary N) is 1. The summed E-state index contributed by atoms with van der Waals surface area (Å²) >= 11 is 1.90. The summed E-state index contributed by atoms with van der Waals surface area (Å²) in [6.45, 7) is 0. The summed E-state index contributed by atoms with van der Waals surface area (Å²) in [5.74, 6) is 1.07. The molecule has 0 aromatic heterocycles. The molecule has 0 atom stereocenters. The molecule has 1 aliphatic rings. The van der Waals surface area contributed by atoms with Gasteiger partial charge in [0.1, 0.15) is 0 Å². The van der Waals surface area contributed by atoms with E-state index in [1.807, 2.05) is 11.8 Å². The van der Waals surface area contributed by atoms with Gasteiger partial charge in [-0.3, -0.25) is 0 Å². The highest BCUT2D eigenvalue weighted by atomic mass is 32.2. The first-order valence-electron chi connectivity index (χ1n) is 5.75. The molecular formula is C13H19NS. The van der Waals surface area contributed by atoms with Gasteiger partial charge in [-0.05, 0) is 25.0 Å². The van der Waals surface area contributed by atoms with Gasteiger partial charge in [0.05, 0.1) is 0 Å². The minimum absolute atomic E-state index is 0.0960. The molecular weight excluding hydrogens is 202 g/mol. The maximum Gasteiger partial charge on any atom is 0.0249 e. The van der Waals surface area contributed by atoms with E-state index in [-0.39, 0.29) is 5.54 Å². The van der Waals surface area contributed by atoms with Crippen LogP contribution >= 0.6 is 11.8 Å². The molecule has 0 bridgehead atoms. The molecule has 0 unspecified atom stereocenters. The fraction of sp³-hybridized carbons (Fsp3) is 0.538. The minimum atomic E-state index is 0.0960. The SMILES string of the molecule is NC1(CSc2ccccc2)CCCCC1. The highest BCUT2D eigenvalue weighted by Gasteiger charge is 2.27. The number of thioether (sulfide) groups is 1. The van der Waals surface area contributed by atoms with E-state index in [1.54, 1.807) is 0 Å². The second-order valence-electron chi connectivity index (χ2n) is 4.52. The van der Waals surface area contributed by atoms with Crippen LogP contribution in [0.15, 0.2) is 35.2 Å². The average Bonchev–Trinajstić information content (AvgIpc) is 2.29. The molecule has 0 heterocycles. The van der Waals surface area contributed by atoms with E-state index < -0.39 is 0 Å². The number of hydrogen-bond acceptors (Lipinski definition) is 2. The van der Waals surface area contributed by atoms with E-state index in [0.717, 1.165) is 5.75 Å². The van der Waals surface area contributed by atoms with E-state index in [1.165, 1.54) is 37.0 Å². The van der Waals surface area contributed by atoms with Crippen molar-refractivity contribution in [1.29, 1.82) is 0 Å². The van der Waals surface area contributed by atoms with Crippen molar-refractivity contribution in [3.8, 4) is 0 Å². The Hall–Kier alpha value is -0.470. The second-order valence-corrected chi connectivity index (χ2v) is 5.57. The topological polar surface area (TPSA) is 26.0 Å². The second kappa shape index (κ2) is 5.04.